The van der Waals surface area contributed by atoms with Crippen molar-refractivity contribution in [1.29, 1.82) is 0 Å². The van der Waals surface area contributed by atoms with Gasteiger partial charge in [0.25, 0.3) is 0 Å². The fourth-order valence-electron chi connectivity index (χ4n) is 11.0. The summed E-state index contributed by atoms with van der Waals surface area (Å²) in [5.41, 5.74) is -0.268. The SMILES string of the molecule is CCCCN1CCC(OC(=O)[C@H](NC(=O)CC[C@H](C)[C@@H]2CC[C@@H]3[C@@H]4[C@@H](C[C@@H](O)[C@]32C)[C@@H]2CC[C@H](O)C[C@@H]2C[C@@H]4O)C(C)C)CC1. The Kier molecular flexibility index (Phi) is 11.6. The molecule has 0 bridgehead atoms. The summed E-state index contributed by atoms with van der Waals surface area (Å²) >= 11 is 0. The highest BCUT2D eigenvalue weighted by molar-refractivity contribution is 5.84. The molecule has 258 valence electrons. The fraction of sp³-hybridized carbons (Fsp3) is 0.946. The highest BCUT2D eigenvalue weighted by atomic mass is 16.5. The number of hydrogen-bond acceptors (Lipinski definition) is 7. The number of unbranched alkanes of at least 4 members (excludes halogenated alkanes) is 1. The largest absolute Gasteiger partial charge is 0.461 e. The first-order valence-corrected chi connectivity index (χ1v) is 18.7. The first-order chi connectivity index (χ1) is 21.4. The molecule has 0 aromatic carbocycles. The van der Waals surface area contributed by atoms with Gasteiger partial charge in [0.1, 0.15) is 12.1 Å². The first-order valence-electron chi connectivity index (χ1n) is 18.7. The molecule has 0 aromatic heterocycles. The van der Waals surface area contributed by atoms with E-state index in [4.69, 9.17) is 4.74 Å². The second-order valence-corrected chi connectivity index (χ2v) is 16.5. The zero-order chi connectivity index (χ0) is 32.5. The van der Waals surface area contributed by atoms with Crippen molar-refractivity contribution in [3.8, 4) is 0 Å². The number of aliphatic hydroxyl groups excluding tert-OH is 3. The maximum absolute atomic E-state index is 13.2. The van der Waals surface area contributed by atoms with E-state index in [0.717, 1.165) is 77.4 Å². The van der Waals surface area contributed by atoms with E-state index < -0.39 is 12.1 Å². The molecule has 0 radical (unpaired) electrons. The molecule has 5 fully saturated rings. The molecule has 0 unspecified atom stereocenters. The van der Waals surface area contributed by atoms with Crippen LogP contribution >= 0.6 is 0 Å². The van der Waals surface area contributed by atoms with Gasteiger partial charge in [-0.2, -0.15) is 0 Å². The van der Waals surface area contributed by atoms with Crippen molar-refractivity contribution in [2.75, 3.05) is 19.6 Å². The Hall–Kier alpha value is -1.22. The second kappa shape index (κ2) is 14.9. The van der Waals surface area contributed by atoms with Crippen molar-refractivity contribution in [3.05, 3.63) is 0 Å². The van der Waals surface area contributed by atoms with Crippen molar-refractivity contribution in [2.24, 2.45) is 52.8 Å². The van der Waals surface area contributed by atoms with Gasteiger partial charge in [0, 0.05) is 19.5 Å². The third-order valence-corrected chi connectivity index (χ3v) is 13.5. The van der Waals surface area contributed by atoms with Crippen LogP contribution in [0.2, 0.25) is 0 Å². The number of nitrogens with one attached hydrogen (secondary N) is 1. The van der Waals surface area contributed by atoms with Gasteiger partial charge in [-0.3, -0.25) is 4.79 Å². The van der Waals surface area contributed by atoms with Gasteiger partial charge in [-0.1, -0.05) is 41.0 Å². The molecule has 12 atom stereocenters. The Morgan fingerprint density at radius 2 is 1.69 bits per heavy atom. The number of carbonyl (C=O) groups excluding carboxylic acids is 2. The molecule has 1 aliphatic heterocycles. The summed E-state index contributed by atoms with van der Waals surface area (Å²) in [7, 11) is 0. The summed E-state index contributed by atoms with van der Waals surface area (Å²) in [4.78, 5) is 28.8. The van der Waals surface area contributed by atoms with Crippen LogP contribution in [-0.2, 0) is 14.3 Å². The number of esters is 1. The quantitative estimate of drug-likeness (QED) is 0.239. The average Bonchev–Trinajstić information content (AvgIpc) is 3.36. The molecule has 8 heteroatoms. The minimum Gasteiger partial charge on any atom is -0.461 e. The zero-order valence-corrected chi connectivity index (χ0v) is 28.8. The average molecular weight is 633 g/mol. The third-order valence-electron chi connectivity index (χ3n) is 13.5. The van der Waals surface area contributed by atoms with E-state index >= 15 is 0 Å². The number of likely N-dealkylation sites (tertiary alicyclic amines) is 1. The highest BCUT2D eigenvalue weighted by Gasteiger charge is 2.63. The Morgan fingerprint density at radius 1 is 0.956 bits per heavy atom. The molecule has 4 saturated carbocycles. The lowest BCUT2D eigenvalue weighted by Crippen LogP contribution is -2.59. The van der Waals surface area contributed by atoms with E-state index in [9.17, 15) is 24.9 Å². The lowest BCUT2D eigenvalue weighted by atomic mass is 9.47. The van der Waals surface area contributed by atoms with Crippen LogP contribution in [-0.4, -0.2) is 82.2 Å². The Morgan fingerprint density at radius 3 is 2.38 bits per heavy atom. The van der Waals surface area contributed by atoms with Gasteiger partial charge < -0.3 is 30.3 Å². The summed E-state index contributed by atoms with van der Waals surface area (Å²) in [5.74, 6) is 1.76. The molecule has 4 N–H and O–H groups in total. The Balaban J connectivity index is 1.13. The van der Waals surface area contributed by atoms with Crippen molar-refractivity contribution < 1.29 is 29.6 Å². The van der Waals surface area contributed by atoms with E-state index in [1.807, 2.05) is 13.8 Å². The number of fused-ring (bicyclic) bond motifs is 5. The standard InChI is InChI=1S/C37H64N2O6/c1-6-7-16-39-17-14-26(15-18-39)45-36(44)35(22(2)3)38-33(43)13-8-23(4)29-11-12-30-34-28(21-32(42)37(29,30)5)27-10-9-25(40)19-24(27)20-31(34)41/h22-32,34-35,40-42H,6-21H2,1-5H3,(H,38,43)/t23-,24+,25-,27+,28-,29-,30+,31-,32+,34-,35+,37-/m0/s1. The molecular formula is C37H64N2O6. The Labute approximate surface area is 272 Å². The molecule has 1 heterocycles. The molecule has 5 rings (SSSR count). The molecule has 4 aliphatic carbocycles. The van der Waals surface area contributed by atoms with Crippen molar-refractivity contribution in [2.45, 2.75) is 149 Å². The predicted molar refractivity (Wildman–Crippen MR) is 175 cm³/mol. The van der Waals surface area contributed by atoms with Crippen LogP contribution in [0.5, 0.6) is 0 Å². The second-order valence-electron chi connectivity index (χ2n) is 16.5. The highest BCUT2D eigenvalue weighted by Crippen LogP contribution is 2.65. The maximum Gasteiger partial charge on any atom is 0.329 e. The Bertz CT molecular complexity index is 999. The van der Waals surface area contributed by atoms with Gasteiger partial charge in [-0.25, -0.2) is 4.79 Å². The minimum atomic E-state index is -0.645. The molecule has 1 saturated heterocycles. The molecule has 45 heavy (non-hydrogen) atoms. The van der Waals surface area contributed by atoms with E-state index in [0.29, 0.717) is 36.5 Å². The maximum atomic E-state index is 13.2. The normalized spacial score (nSPS) is 40.2. The molecular weight excluding hydrogens is 568 g/mol. The van der Waals surface area contributed by atoms with E-state index in [1.54, 1.807) is 0 Å². The van der Waals surface area contributed by atoms with E-state index in [1.165, 1.54) is 12.8 Å². The van der Waals surface area contributed by atoms with Gasteiger partial charge in [-0.15, -0.1) is 0 Å². The molecule has 1 amide bonds. The summed E-state index contributed by atoms with van der Waals surface area (Å²) in [6.07, 6.45) is 10.2. The van der Waals surface area contributed by atoms with Crippen LogP contribution in [0.25, 0.3) is 0 Å². The number of nitrogens with zero attached hydrogens (tertiary/aromatic N) is 1. The number of carbonyl (C=O) groups is 2. The van der Waals surface area contributed by atoms with Gasteiger partial charge >= 0.3 is 5.97 Å². The van der Waals surface area contributed by atoms with Gasteiger partial charge in [-0.05, 0) is 130 Å². The van der Waals surface area contributed by atoms with Crippen LogP contribution in [0.3, 0.4) is 0 Å². The van der Waals surface area contributed by atoms with E-state index in [2.05, 4.69) is 31.0 Å². The number of rotatable bonds is 11. The number of ether oxygens (including phenoxy) is 1. The van der Waals surface area contributed by atoms with Gasteiger partial charge in [0.15, 0.2) is 0 Å². The van der Waals surface area contributed by atoms with Crippen molar-refractivity contribution in [3.63, 3.8) is 0 Å². The summed E-state index contributed by atoms with van der Waals surface area (Å²) < 4.78 is 5.91. The zero-order valence-electron chi connectivity index (χ0n) is 28.8. The number of aliphatic hydroxyl groups is 3. The molecule has 0 aromatic rings. The van der Waals surface area contributed by atoms with Crippen molar-refractivity contribution >= 4 is 11.9 Å². The van der Waals surface area contributed by atoms with Crippen LogP contribution in [0.1, 0.15) is 118 Å². The van der Waals surface area contributed by atoms with Crippen LogP contribution < -0.4 is 5.32 Å². The lowest BCUT2D eigenvalue weighted by molar-refractivity contribution is -0.179. The van der Waals surface area contributed by atoms with Crippen LogP contribution in [0, 0.1) is 52.8 Å². The van der Waals surface area contributed by atoms with Gasteiger partial charge in [0.05, 0.1) is 18.3 Å². The third kappa shape index (κ3) is 7.44. The number of amides is 1. The molecule has 0 spiro atoms. The number of hydrogen-bond donors (Lipinski definition) is 4. The lowest BCUT2D eigenvalue weighted by Gasteiger charge is -2.59. The molecule has 5 aliphatic rings. The summed E-state index contributed by atoms with van der Waals surface area (Å²) in [6.45, 7) is 13.6. The fourth-order valence-corrected chi connectivity index (χ4v) is 11.0. The minimum absolute atomic E-state index is 0.0581. The predicted octanol–water partition coefficient (Wildman–Crippen LogP) is 4.92. The first kappa shape index (κ1) is 35.1. The topological polar surface area (TPSA) is 119 Å². The van der Waals surface area contributed by atoms with Crippen LogP contribution in [0.15, 0.2) is 0 Å². The molecule has 8 nitrogen and oxygen atoms in total. The van der Waals surface area contributed by atoms with Crippen molar-refractivity contribution in [1.82, 2.24) is 10.2 Å². The smallest absolute Gasteiger partial charge is 0.329 e. The summed E-state index contributed by atoms with van der Waals surface area (Å²) in [6, 6.07) is -0.645. The summed E-state index contributed by atoms with van der Waals surface area (Å²) in [5, 5.41) is 36.5. The van der Waals surface area contributed by atoms with Crippen LogP contribution in [0.4, 0.5) is 0 Å². The van der Waals surface area contributed by atoms with Gasteiger partial charge in [0.2, 0.25) is 5.91 Å². The van der Waals surface area contributed by atoms with E-state index in [-0.39, 0.29) is 59.3 Å². The monoisotopic (exact) mass is 632 g/mol. The number of piperidine rings is 1.